The Labute approximate surface area is 242 Å². The number of hydrogen-bond acceptors (Lipinski definition) is 3. The fraction of sp³-hybridized carbons (Fsp3) is 0.882. The van der Waals surface area contributed by atoms with E-state index in [4.69, 9.17) is 15.3 Å². The van der Waals surface area contributed by atoms with E-state index in [1.807, 2.05) is 0 Å². The molecule has 0 aliphatic heterocycles. The van der Waals surface area contributed by atoms with Crippen molar-refractivity contribution < 1.29 is 24.9 Å². The molecule has 0 aliphatic rings. The summed E-state index contributed by atoms with van der Waals surface area (Å²) < 4.78 is 0. The van der Waals surface area contributed by atoms with Gasteiger partial charge in [-0.2, -0.15) is 0 Å². The molecule has 0 aromatic rings. The van der Waals surface area contributed by atoms with E-state index in [2.05, 4.69) is 19.1 Å². The minimum Gasteiger partial charge on any atom is -0.481 e. The topological polar surface area (TPSA) is 94.8 Å². The lowest BCUT2D eigenvalue weighted by atomic mass is 10.0. The summed E-state index contributed by atoms with van der Waals surface area (Å²) in [7, 11) is 0. The largest absolute Gasteiger partial charge is 0.481 e. The van der Waals surface area contributed by atoms with Gasteiger partial charge in [0.15, 0.2) is 0 Å². The fourth-order valence-electron chi connectivity index (χ4n) is 4.68. The summed E-state index contributed by atoms with van der Waals surface area (Å²) in [6, 6.07) is 0. The van der Waals surface area contributed by atoms with Gasteiger partial charge in [-0.15, -0.1) is 0 Å². The van der Waals surface area contributed by atoms with Crippen molar-refractivity contribution >= 4 is 11.9 Å². The molecule has 5 heteroatoms. The van der Waals surface area contributed by atoms with Crippen LogP contribution in [0.5, 0.6) is 0 Å². The monoisotopic (exact) mass is 554 g/mol. The van der Waals surface area contributed by atoms with Gasteiger partial charge >= 0.3 is 11.9 Å². The van der Waals surface area contributed by atoms with Crippen molar-refractivity contribution in [3.05, 3.63) is 12.2 Å². The highest BCUT2D eigenvalue weighted by Crippen LogP contribution is 2.14. The number of carbonyl (C=O) groups is 2. The molecule has 0 aromatic heterocycles. The van der Waals surface area contributed by atoms with Crippen molar-refractivity contribution in [3.63, 3.8) is 0 Å². The third-order valence-corrected chi connectivity index (χ3v) is 7.20. The van der Waals surface area contributed by atoms with Crippen LogP contribution in [0.25, 0.3) is 0 Å². The zero-order valence-corrected chi connectivity index (χ0v) is 25.8. The van der Waals surface area contributed by atoms with Crippen LogP contribution in [0, 0.1) is 0 Å². The number of hydrogen-bond donors (Lipinski definition) is 3. The van der Waals surface area contributed by atoms with E-state index < -0.39 is 11.9 Å². The van der Waals surface area contributed by atoms with Gasteiger partial charge in [0.25, 0.3) is 0 Å². The number of rotatable bonds is 30. The molecule has 5 nitrogen and oxygen atoms in total. The van der Waals surface area contributed by atoms with Crippen LogP contribution < -0.4 is 0 Å². The molecule has 0 spiro atoms. The minimum absolute atomic E-state index is 0.331. The Morgan fingerprint density at radius 2 is 0.718 bits per heavy atom. The van der Waals surface area contributed by atoms with Crippen molar-refractivity contribution in [2.24, 2.45) is 0 Å². The van der Waals surface area contributed by atoms with Crippen molar-refractivity contribution in [1.29, 1.82) is 0 Å². The molecule has 0 radical (unpaired) electrons. The number of unbranched alkanes of at least 4 members (excludes halogenated alkanes) is 23. The van der Waals surface area contributed by atoms with Crippen LogP contribution >= 0.6 is 0 Å². The average molecular weight is 555 g/mol. The van der Waals surface area contributed by atoms with E-state index in [9.17, 15) is 9.59 Å². The first-order chi connectivity index (χ1) is 19.0. The van der Waals surface area contributed by atoms with Crippen molar-refractivity contribution in [1.82, 2.24) is 0 Å². The number of carboxylic acid groups (broad SMARTS) is 2. The van der Waals surface area contributed by atoms with Gasteiger partial charge in [0.05, 0.1) is 0 Å². The molecule has 0 atom stereocenters. The van der Waals surface area contributed by atoms with Crippen LogP contribution in [0.15, 0.2) is 12.2 Å². The van der Waals surface area contributed by atoms with Crippen LogP contribution in [0.2, 0.25) is 0 Å². The molecule has 0 saturated heterocycles. The molecular weight excluding hydrogens is 488 g/mol. The predicted octanol–water partition coefficient (Wildman–Crippen LogP) is 10.6. The van der Waals surface area contributed by atoms with E-state index in [0.29, 0.717) is 19.4 Å². The van der Waals surface area contributed by atoms with Crippen molar-refractivity contribution in [2.75, 3.05) is 6.61 Å². The molecule has 232 valence electrons. The molecule has 3 N–H and O–H groups in total. The van der Waals surface area contributed by atoms with Gasteiger partial charge in [-0.1, -0.05) is 141 Å². The Kier molecular flexibility index (Phi) is 37.4. The second-order valence-electron chi connectivity index (χ2n) is 11.2. The number of allylic oxidation sites excluding steroid dienone is 2. The van der Waals surface area contributed by atoms with E-state index in [-0.39, 0.29) is 0 Å². The molecule has 0 aromatic carbocycles. The maximum absolute atomic E-state index is 10.3. The summed E-state index contributed by atoms with van der Waals surface area (Å²) in [6.45, 7) is 2.59. The Hall–Kier alpha value is -1.36. The first-order valence-corrected chi connectivity index (χ1v) is 16.7. The summed E-state index contributed by atoms with van der Waals surface area (Å²) in [5.41, 5.74) is 0. The quantitative estimate of drug-likeness (QED) is 0.0606. The molecule has 0 saturated carbocycles. The van der Waals surface area contributed by atoms with Gasteiger partial charge in [0, 0.05) is 19.4 Å². The third-order valence-electron chi connectivity index (χ3n) is 7.20. The van der Waals surface area contributed by atoms with Gasteiger partial charge in [-0.3, -0.25) is 9.59 Å². The predicted molar refractivity (Wildman–Crippen MR) is 166 cm³/mol. The van der Waals surface area contributed by atoms with E-state index in [0.717, 1.165) is 32.1 Å². The number of aliphatic hydroxyl groups excluding tert-OH is 1. The van der Waals surface area contributed by atoms with Crippen LogP contribution in [-0.2, 0) is 9.59 Å². The van der Waals surface area contributed by atoms with Crippen LogP contribution in [0.3, 0.4) is 0 Å². The molecule has 0 unspecified atom stereocenters. The molecule has 39 heavy (non-hydrogen) atoms. The van der Waals surface area contributed by atoms with Crippen LogP contribution in [0.1, 0.15) is 187 Å². The molecule has 0 bridgehead atoms. The summed E-state index contributed by atoms with van der Waals surface area (Å²) in [4.78, 5) is 20.6. The molecule has 0 rings (SSSR count). The fourth-order valence-corrected chi connectivity index (χ4v) is 4.68. The molecule has 0 amide bonds. The lowest BCUT2D eigenvalue weighted by Crippen LogP contribution is -1.93. The van der Waals surface area contributed by atoms with Crippen molar-refractivity contribution in [2.45, 2.75) is 187 Å². The van der Waals surface area contributed by atoms with E-state index >= 15 is 0 Å². The Morgan fingerprint density at radius 1 is 0.436 bits per heavy atom. The number of aliphatic hydroxyl groups is 1. The lowest BCUT2D eigenvalue weighted by Gasteiger charge is -2.03. The van der Waals surface area contributed by atoms with Gasteiger partial charge in [0.1, 0.15) is 0 Å². The van der Waals surface area contributed by atoms with Crippen LogP contribution in [-0.4, -0.2) is 33.9 Å². The highest BCUT2D eigenvalue weighted by atomic mass is 16.4. The number of aliphatic carboxylic acids is 2. The van der Waals surface area contributed by atoms with Crippen molar-refractivity contribution in [3.8, 4) is 0 Å². The first kappa shape index (κ1) is 39.8. The molecule has 0 fully saturated rings. The van der Waals surface area contributed by atoms with Gasteiger partial charge < -0.3 is 15.3 Å². The average Bonchev–Trinajstić information content (AvgIpc) is 2.91. The third kappa shape index (κ3) is 43.9. The van der Waals surface area contributed by atoms with Gasteiger partial charge in [-0.25, -0.2) is 0 Å². The zero-order valence-electron chi connectivity index (χ0n) is 25.8. The Balaban J connectivity index is 0. The maximum Gasteiger partial charge on any atom is 0.303 e. The lowest BCUT2D eigenvalue weighted by molar-refractivity contribution is -0.138. The summed E-state index contributed by atoms with van der Waals surface area (Å²) in [6.07, 6.45) is 37.3. The Bertz CT molecular complexity index is 518. The Morgan fingerprint density at radius 3 is 1.03 bits per heavy atom. The molecular formula is C34H66O5. The summed E-state index contributed by atoms with van der Waals surface area (Å²) in [5, 5.41) is 25.7. The minimum atomic E-state index is -0.666. The highest BCUT2D eigenvalue weighted by Gasteiger charge is 1.98. The van der Waals surface area contributed by atoms with E-state index in [1.54, 1.807) is 0 Å². The first-order valence-electron chi connectivity index (χ1n) is 16.7. The molecule has 0 heterocycles. The van der Waals surface area contributed by atoms with E-state index in [1.165, 1.54) is 135 Å². The highest BCUT2D eigenvalue weighted by molar-refractivity contribution is 5.66. The second-order valence-corrected chi connectivity index (χ2v) is 11.2. The summed E-state index contributed by atoms with van der Waals surface area (Å²) >= 11 is 0. The second kappa shape index (κ2) is 36.6. The van der Waals surface area contributed by atoms with Crippen LogP contribution in [0.4, 0.5) is 0 Å². The molecule has 0 aliphatic carbocycles. The SMILES string of the molecule is CCCCCC/C=C\CCCCCCCC(=O)O.O=C(O)CCCCCCCCCCCCCCCCCO. The maximum atomic E-state index is 10.3. The van der Waals surface area contributed by atoms with Gasteiger partial charge in [0.2, 0.25) is 0 Å². The smallest absolute Gasteiger partial charge is 0.303 e. The standard InChI is InChI=1S/C18H36O3.C16H30O2/c19-17-15-13-11-9-7-5-3-1-2-4-6-8-10-12-14-16-18(20)21;1-2-3-4-5-6-7-8-9-10-11-12-13-14-15-16(17)18/h19H,1-17H2,(H,20,21);7-8H,2-6,9-15H2,1H3,(H,17,18)/b;8-7-. The number of carboxylic acids is 2. The zero-order chi connectivity index (χ0) is 29.1. The van der Waals surface area contributed by atoms with Gasteiger partial charge in [-0.05, 0) is 44.9 Å². The normalized spacial score (nSPS) is 11.0. The summed E-state index contributed by atoms with van der Waals surface area (Å²) in [5.74, 6) is -1.33.